The second-order valence-electron chi connectivity index (χ2n) is 11.5. The topological polar surface area (TPSA) is 57.7 Å². The highest BCUT2D eigenvalue weighted by atomic mass is 35.5. The van der Waals surface area contributed by atoms with Crippen molar-refractivity contribution >= 4 is 27.3 Å². The molecule has 1 atom stereocenters. The fraction of sp³-hybridized carbons (Fsp3) is 0.406. The fourth-order valence-corrected chi connectivity index (χ4v) is 8.84. The molecule has 5 rings (SSSR count). The van der Waals surface area contributed by atoms with E-state index in [2.05, 4.69) is 23.1 Å². The van der Waals surface area contributed by atoms with Crippen LogP contribution in [-0.4, -0.2) is 63.1 Å². The van der Waals surface area contributed by atoms with Gasteiger partial charge in [-0.3, -0.25) is 4.79 Å². The maximum Gasteiger partial charge on any atom is 0.253 e. The number of hydrogen-bond acceptors (Lipinski definition) is 4. The van der Waals surface area contributed by atoms with Gasteiger partial charge in [0.25, 0.3) is 5.91 Å². The molecule has 3 aromatic rings. The molecule has 0 bridgehead atoms. The van der Waals surface area contributed by atoms with Gasteiger partial charge in [0.15, 0.2) is 9.84 Å². The van der Waals surface area contributed by atoms with E-state index in [-0.39, 0.29) is 23.0 Å². The third kappa shape index (κ3) is 5.93. The molecule has 7 heteroatoms. The van der Waals surface area contributed by atoms with Crippen LogP contribution in [0.3, 0.4) is 0 Å². The number of amides is 1. The van der Waals surface area contributed by atoms with Gasteiger partial charge in [-0.2, -0.15) is 0 Å². The van der Waals surface area contributed by atoms with Crippen LogP contribution >= 0.6 is 11.6 Å². The monoisotopic (exact) mass is 564 g/mol. The van der Waals surface area contributed by atoms with E-state index in [9.17, 15) is 13.2 Å². The first-order valence-electron chi connectivity index (χ1n) is 13.7. The van der Waals surface area contributed by atoms with Crippen molar-refractivity contribution < 1.29 is 13.2 Å². The van der Waals surface area contributed by atoms with Crippen LogP contribution in [0, 0.1) is 13.8 Å². The van der Waals surface area contributed by atoms with Gasteiger partial charge in [-0.15, -0.1) is 0 Å². The summed E-state index contributed by atoms with van der Waals surface area (Å²) in [6.45, 7) is 7.27. The average Bonchev–Trinajstić information content (AvgIpc) is 3.13. The number of sulfone groups is 1. The van der Waals surface area contributed by atoms with E-state index >= 15 is 0 Å². The SMILES string of the molecule is Cc1cc(C)cc(C(=O)N(C)CC(CCN2CCC3(CC2)CS(=O)(=O)c2ccccc23)c2ccc(Cl)cc2)c1. The summed E-state index contributed by atoms with van der Waals surface area (Å²) >= 11 is 6.18. The van der Waals surface area contributed by atoms with E-state index in [0.717, 1.165) is 61.2 Å². The van der Waals surface area contributed by atoms with Crippen molar-refractivity contribution in [3.63, 3.8) is 0 Å². The molecule has 1 fully saturated rings. The predicted molar refractivity (Wildman–Crippen MR) is 158 cm³/mol. The Morgan fingerprint density at radius 1 is 1.00 bits per heavy atom. The number of piperidine rings is 1. The summed E-state index contributed by atoms with van der Waals surface area (Å²) < 4.78 is 25.7. The number of hydrogen-bond donors (Lipinski definition) is 0. The van der Waals surface area contributed by atoms with Gasteiger partial charge in [0.1, 0.15) is 0 Å². The van der Waals surface area contributed by atoms with Crippen molar-refractivity contribution in [2.24, 2.45) is 0 Å². The van der Waals surface area contributed by atoms with Crippen LogP contribution in [0.4, 0.5) is 0 Å². The summed E-state index contributed by atoms with van der Waals surface area (Å²) in [5, 5.41) is 0.699. The minimum atomic E-state index is -3.21. The third-order valence-electron chi connectivity index (χ3n) is 8.52. The normalized spacial score (nSPS) is 18.6. The zero-order chi connectivity index (χ0) is 27.8. The number of nitrogens with zero attached hydrogens (tertiary/aromatic N) is 2. The van der Waals surface area contributed by atoms with E-state index in [1.165, 1.54) is 5.56 Å². The molecule has 1 saturated heterocycles. The molecule has 39 heavy (non-hydrogen) atoms. The van der Waals surface area contributed by atoms with Crippen molar-refractivity contribution in [3.8, 4) is 0 Å². The van der Waals surface area contributed by atoms with Gasteiger partial charge >= 0.3 is 0 Å². The highest BCUT2D eigenvalue weighted by Gasteiger charge is 2.48. The number of fused-ring (bicyclic) bond motifs is 2. The first kappa shape index (κ1) is 27.9. The van der Waals surface area contributed by atoms with Crippen LogP contribution in [0.5, 0.6) is 0 Å². The van der Waals surface area contributed by atoms with E-state index < -0.39 is 9.84 Å². The maximum absolute atomic E-state index is 13.3. The number of halogens is 1. The molecule has 1 amide bonds. The van der Waals surface area contributed by atoms with Gasteiger partial charge in [0.05, 0.1) is 10.6 Å². The van der Waals surface area contributed by atoms with E-state index in [4.69, 9.17) is 11.6 Å². The van der Waals surface area contributed by atoms with Gasteiger partial charge in [0, 0.05) is 35.5 Å². The molecule has 2 aliphatic heterocycles. The minimum Gasteiger partial charge on any atom is -0.341 e. The largest absolute Gasteiger partial charge is 0.341 e. The summed E-state index contributed by atoms with van der Waals surface area (Å²) in [5.74, 6) is 0.415. The van der Waals surface area contributed by atoms with Gasteiger partial charge < -0.3 is 9.80 Å². The lowest BCUT2D eigenvalue weighted by Gasteiger charge is -2.40. The molecular formula is C32H37ClN2O3S. The second-order valence-corrected chi connectivity index (χ2v) is 13.9. The number of benzene rings is 3. The molecular weight excluding hydrogens is 528 g/mol. The van der Waals surface area contributed by atoms with Crippen molar-refractivity contribution in [2.45, 2.75) is 49.3 Å². The number of likely N-dealkylation sites (tertiary alicyclic amines) is 1. The van der Waals surface area contributed by atoms with Crippen LogP contribution in [0.15, 0.2) is 71.6 Å². The maximum atomic E-state index is 13.3. The van der Waals surface area contributed by atoms with Crippen molar-refractivity contribution in [2.75, 3.05) is 39.0 Å². The summed E-state index contributed by atoms with van der Waals surface area (Å²) in [7, 11) is -1.33. The summed E-state index contributed by atoms with van der Waals surface area (Å²) in [6, 6.07) is 21.5. The molecule has 2 aliphatic rings. The fourth-order valence-electron chi connectivity index (χ4n) is 6.48. The number of likely N-dealkylation sites (N-methyl/N-ethyl adjacent to an activating group) is 1. The third-order valence-corrected chi connectivity index (χ3v) is 10.7. The van der Waals surface area contributed by atoms with Crippen LogP contribution in [-0.2, 0) is 15.3 Å². The van der Waals surface area contributed by atoms with Gasteiger partial charge in [-0.1, -0.05) is 59.1 Å². The molecule has 5 nitrogen and oxygen atoms in total. The van der Waals surface area contributed by atoms with Crippen LogP contribution in [0.2, 0.25) is 5.02 Å². The number of rotatable bonds is 7. The Labute approximate surface area is 237 Å². The van der Waals surface area contributed by atoms with Crippen LogP contribution in [0.25, 0.3) is 0 Å². The molecule has 0 aliphatic carbocycles. The Kier molecular flexibility index (Phi) is 7.91. The Morgan fingerprint density at radius 3 is 2.31 bits per heavy atom. The Balaban J connectivity index is 1.26. The predicted octanol–water partition coefficient (Wildman–Crippen LogP) is 6.02. The molecule has 0 saturated carbocycles. The first-order chi connectivity index (χ1) is 18.6. The van der Waals surface area contributed by atoms with Crippen molar-refractivity contribution in [3.05, 3.63) is 99.6 Å². The number of carbonyl (C=O) groups excluding carboxylic acids is 1. The second kappa shape index (κ2) is 11.1. The van der Waals surface area contributed by atoms with E-state index in [0.29, 0.717) is 16.5 Å². The average molecular weight is 565 g/mol. The lowest BCUT2D eigenvalue weighted by molar-refractivity contribution is 0.0780. The van der Waals surface area contributed by atoms with Gasteiger partial charge in [-0.05, 0) is 94.2 Å². The van der Waals surface area contributed by atoms with Crippen molar-refractivity contribution in [1.29, 1.82) is 0 Å². The van der Waals surface area contributed by atoms with Crippen molar-refractivity contribution in [1.82, 2.24) is 9.80 Å². The smallest absolute Gasteiger partial charge is 0.253 e. The molecule has 1 unspecified atom stereocenters. The van der Waals surface area contributed by atoms with Crippen LogP contribution in [0.1, 0.15) is 57.8 Å². The van der Waals surface area contributed by atoms with E-state index in [1.54, 1.807) is 6.07 Å². The molecule has 3 aromatic carbocycles. The minimum absolute atomic E-state index is 0.0294. The molecule has 206 valence electrons. The highest BCUT2D eigenvalue weighted by molar-refractivity contribution is 7.91. The van der Waals surface area contributed by atoms with E-state index in [1.807, 2.05) is 68.3 Å². The zero-order valence-electron chi connectivity index (χ0n) is 23.0. The molecule has 2 heterocycles. The molecule has 0 radical (unpaired) electrons. The standard InChI is InChI=1S/C32H37ClN2O3S/c1-23-18-24(2)20-27(19-23)31(36)34(3)21-26(25-8-10-28(33)11-9-25)12-15-35-16-13-32(14-17-35)22-39(37,38)30-7-5-4-6-29(30)32/h4-11,18-20,26H,12-17,21-22H2,1-3H3. The summed E-state index contributed by atoms with van der Waals surface area (Å²) in [5.41, 5.74) is 4.81. The Hall–Kier alpha value is -2.67. The molecule has 0 aromatic heterocycles. The highest BCUT2D eigenvalue weighted by Crippen LogP contribution is 2.46. The van der Waals surface area contributed by atoms with Crippen LogP contribution < -0.4 is 0 Å². The number of carbonyl (C=O) groups is 1. The Bertz CT molecular complexity index is 1440. The molecule has 1 spiro atoms. The zero-order valence-corrected chi connectivity index (χ0v) is 24.6. The van der Waals surface area contributed by atoms with Gasteiger partial charge in [0.2, 0.25) is 0 Å². The Morgan fingerprint density at radius 2 is 1.64 bits per heavy atom. The molecule has 0 N–H and O–H groups in total. The summed E-state index contributed by atoms with van der Waals surface area (Å²) in [4.78, 5) is 18.1. The number of aryl methyl sites for hydroxylation is 2. The quantitative estimate of drug-likeness (QED) is 0.352. The lowest BCUT2D eigenvalue weighted by atomic mass is 9.74. The first-order valence-corrected chi connectivity index (χ1v) is 15.7. The van der Waals surface area contributed by atoms with Gasteiger partial charge in [-0.25, -0.2) is 8.42 Å². The lowest BCUT2D eigenvalue weighted by Crippen LogP contribution is -2.44. The summed E-state index contributed by atoms with van der Waals surface area (Å²) in [6.07, 6.45) is 2.59.